The first kappa shape index (κ1) is 25.8. The molecule has 0 radical (unpaired) electrons. The third-order valence-corrected chi connectivity index (χ3v) is 6.70. The van der Waals surface area contributed by atoms with Crippen LogP contribution in [0.2, 0.25) is 0 Å². The van der Waals surface area contributed by atoms with Crippen LogP contribution in [0.25, 0.3) is 0 Å². The number of carbonyl (C=O) groups excluding carboxylic acids is 1. The predicted octanol–water partition coefficient (Wildman–Crippen LogP) is -2.65. The molecule has 1 aromatic rings. The number of benzene rings is 1. The Morgan fingerprint density at radius 3 is 2.44 bits per heavy atom. The summed E-state index contributed by atoms with van der Waals surface area (Å²) >= 11 is 5.20. The molecule has 0 amide bonds. The van der Waals surface area contributed by atoms with Crippen LogP contribution in [0, 0.1) is 6.92 Å². The number of carboxylic acids is 1. The molecule has 2 N–H and O–H groups in total. The summed E-state index contributed by atoms with van der Waals surface area (Å²) in [6.07, 6.45) is -2.05. The molecular weight excluding hydrogens is 410 g/mol. The molecule has 0 fully saturated rings. The molecule has 0 bridgehead atoms. The molecule has 2 atom stereocenters. The summed E-state index contributed by atoms with van der Waals surface area (Å²) in [6.45, 7) is 5.35. The van der Waals surface area contributed by atoms with E-state index in [9.17, 15) is 18.3 Å². The van der Waals surface area contributed by atoms with Gasteiger partial charge in [0.15, 0.2) is 0 Å². The van der Waals surface area contributed by atoms with E-state index < -0.39 is 28.4 Å². The summed E-state index contributed by atoms with van der Waals surface area (Å²) in [4.78, 5) is 10.9. The van der Waals surface area contributed by atoms with Crippen molar-refractivity contribution in [2.45, 2.75) is 31.2 Å². The summed E-state index contributed by atoms with van der Waals surface area (Å²) in [6, 6.07) is 5.65. The van der Waals surface area contributed by atoms with Crippen molar-refractivity contribution in [3.05, 3.63) is 29.8 Å². The molecule has 0 aliphatic heterocycles. The summed E-state index contributed by atoms with van der Waals surface area (Å²) < 4.78 is 32.1. The van der Waals surface area contributed by atoms with Crippen LogP contribution in [0.3, 0.4) is 0 Å². The fourth-order valence-corrected chi connectivity index (χ4v) is 4.89. The van der Waals surface area contributed by atoms with E-state index in [2.05, 4.69) is 9.81 Å². The Labute approximate surface area is 196 Å². The molecule has 0 saturated carbocycles. The molecule has 1 rings (SSSR count). The van der Waals surface area contributed by atoms with E-state index in [1.807, 2.05) is 6.92 Å². The summed E-state index contributed by atoms with van der Waals surface area (Å²) in [5.74, 6) is -1.25. The summed E-state index contributed by atoms with van der Waals surface area (Å²) in [5.41, 5.74) is 0.981. The molecule has 25 heavy (non-hydrogen) atoms. The van der Waals surface area contributed by atoms with Gasteiger partial charge in [-0.05, 0) is 32.4 Å². The van der Waals surface area contributed by atoms with Crippen LogP contribution in [0.15, 0.2) is 29.2 Å². The minimum absolute atomic E-state index is 0. The van der Waals surface area contributed by atoms with Crippen molar-refractivity contribution in [3.63, 3.8) is 0 Å². The fraction of sp³-hybridized carbons (Fsp3) is 0.500. The normalized spacial score (nSPS) is 15.0. The first-order valence-corrected chi connectivity index (χ1v) is 12.0. The zero-order valence-electron chi connectivity index (χ0n) is 14.8. The van der Waals surface area contributed by atoms with Crippen molar-refractivity contribution < 1.29 is 74.2 Å². The SMILES string of the molecule is Cc1ccc(S(=O)(=O)NCCCOP(C)(=S)NC(C)C(=O)[O-])cc1.[K+]. The number of carbonyl (C=O) groups is 1. The van der Waals surface area contributed by atoms with Crippen molar-refractivity contribution in [3.8, 4) is 0 Å². The minimum atomic E-state index is -3.55. The van der Waals surface area contributed by atoms with Crippen LogP contribution < -0.4 is 66.3 Å². The van der Waals surface area contributed by atoms with Gasteiger partial charge in [0.1, 0.15) is 6.42 Å². The smallest absolute Gasteiger partial charge is 0.548 e. The maximum absolute atomic E-state index is 12.1. The van der Waals surface area contributed by atoms with Gasteiger partial charge in [-0.15, -0.1) is 0 Å². The zero-order valence-corrected chi connectivity index (χ0v) is 20.5. The maximum atomic E-state index is 12.1. The van der Waals surface area contributed by atoms with E-state index in [1.54, 1.807) is 30.9 Å². The van der Waals surface area contributed by atoms with E-state index in [1.165, 1.54) is 6.92 Å². The van der Waals surface area contributed by atoms with Gasteiger partial charge in [0.25, 0.3) is 0 Å². The number of nitrogens with one attached hydrogen (secondary N) is 2. The molecule has 0 spiro atoms. The topological polar surface area (TPSA) is 108 Å². The molecule has 1 aromatic carbocycles. The average Bonchev–Trinajstić information content (AvgIpc) is 2.46. The van der Waals surface area contributed by atoms with Crippen molar-refractivity contribution in [1.82, 2.24) is 9.81 Å². The van der Waals surface area contributed by atoms with Crippen LogP contribution in [0.4, 0.5) is 0 Å². The van der Waals surface area contributed by atoms with Crippen molar-refractivity contribution in [1.29, 1.82) is 0 Å². The Bertz CT molecular complexity index is 712. The molecule has 136 valence electrons. The molecule has 0 heterocycles. The number of hydrogen-bond acceptors (Lipinski definition) is 6. The second kappa shape index (κ2) is 11.6. The Morgan fingerprint density at radius 1 is 1.36 bits per heavy atom. The van der Waals surface area contributed by atoms with Gasteiger partial charge in [-0.2, -0.15) is 0 Å². The average molecular weight is 433 g/mol. The zero-order chi connectivity index (χ0) is 18.4. The summed E-state index contributed by atoms with van der Waals surface area (Å²) in [7, 11) is -3.55. The molecule has 0 aliphatic rings. The van der Waals surface area contributed by atoms with E-state index in [-0.39, 0.29) is 69.4 Å². The maximum Gasteiger partial charge on any atom is 1.00 e. The van der Waals surface area contributed by atoms with E-state index in [0.717, 1.165) is 5.56 Å². The van der Waals surface area contributed by atoms with Gasteiger partial charge in [-0.1, -0.05) is 29.5 Å². The van der Waals surface area contributed by atoms with Gasteiger partial charge >= 0.3 is 51.4 Å². The van der Waals surface area contributed by atoms with Crippen LogP contribution in [-0.2, 0) is 31.1 Å². The third-order valence-electron chi connectivity index (χ3n) is 3.06. The second-order valence-electron chi connectivity index (χ2n) is 5.41. The molecule has 0 aliphatic carbocycles. The van der Waals surface area contributed by atoms with Gasteiger partial charge in [-0.3, -0.25) is 5.09 Å². The molecule has 2 unspecified atom stereocenters. The van der Waals surface area contributed by atoms with Crippen LogP contribution in [-0.4, -0.2) is 40.2 Å². The molecule has 11 heteroatoms. The first-order chi connectivity index (χ1) is 11.0. The number of hydrogen-bond donors (Lipinski definition) is 2. The molecule has 0 saturated heterocycles. The van der Waals surface area contributed by atoms with Crippen LogP contribution in [0.5, 0.6) is 0 Å². The van der Waals surface area contributed by atoms with E-state index >= 15 is 0 Å². The summed E-state index contributed by atoms with van der Waals surface area (Å²) in [5, 5.41) is 13.4. The first-order valence-electron chi connectivity index (χ1n) is 7.30. The van der Waals surface area contributed by atoms with Gasteiger partial charge in [-0.25, -0.2) is 13.1 Å². The Balaban J connectivity index is 0.00000576. The van der Waals surface area contributed by atoms with Crippen LogP contribution in [0.1, 0.15) is 18.9 Å². The minimum Gasteiger partial charge on any atom is -0.548 e. The quantitative estimate of drug-likeness (QED) is 0.236. The van der Waals surface area contributed by atoms with Crippen molar-refractivity contribution >= 4 is 34.2 Å². The number of carboxylic acid groups (broad SMARTS) is 1. The number of sulfonamides is 1. The van der Waals surface area contributed by atoms with Crippen molar-refractivity contribution in [2.24, 2.45) is 0 Å². The van der Waals surface area contributed by atoms with E-state index in [0.29, 0.717) is 6.42 Å². The Kier molecular flexibility index (Phi) is 12.0. The van der Waals surface area contributed by atoms with Gasteiger partial charge in [0.05, 0.1) is 17.5 Å². The molecule has 7 nitrogen and oxygen atoms in total. The van der Waals surface area contributed by atoms with E-state index in [4.69, 9.17) is 16.3 Å². The predicted molar refractivity (Wildman–Crippen MR) is 94.8 cm³/mol. The molecular formula is C14H22KN2O5PS2. The number of rotatable bonds is 10. The number of aliphatic carboxylic acids is 1. The second-order valence-corrected chi connectivity index (χ2v) is 11.5. The van der Waals surface area contributed by atoms with Gasteiger partial charge in [0, 0.05) is 19.3 Å². The largest absolute Gasteiger partial charge is 1.00 e. The third kappa shape index (κ3) is 10.1. The monoisotopic (exact) mass is 432 g/mol. The molecule has 0 aromatic heterocycles. The number of aryl methyl sites for hydroxylation is 1. The Morgan fingerprint density at radius 2 is 1.92 bits per heavy atom. The van der Waals surface area contributed by atoms with Crippen molar-refractivity contribution in [2.75, 3.05) is 19.8 Å². The fourth-order valence-electron chi connectivity index (χ4n) is 1.76. The standard InChI is InChI=1S/C14H23N2O5PS2.K/c1-11-5-7-13(8-6-11)24(19,20)15-9-4-10-21-22(3,23)16-12(2)14(17)18;/h5-8,12,15H,4,9-10H2,1-3H3,(H,16,23)(H,17,18);/q;+1/p-1. The van der Waals surface area contributed by atoms with Gasteiger partial charge < -0.3 is 14.4 Å². The van der Waals surface area contributed by atoms with Gasteiger partial charge in [0.2, 0.25) is 10.0 Å². The van der Waals surface area contributed by atoms with Crippen LogP contribution >= 0.6 is 6.42 Å². The Hall–Kier alpha value is 0.806.